The fraction of sp³-hybridized carbons (Fsp3) is 0.300. The van der Waals surface area contributed by atoms with E-state index in [2.05, 4.69) is 0 Å². The quantitative estimate of drug-likeness (QED) is 0.734. The first kappa shape index (κ1) is 10.5. The fourth-order valence-electron chi connectivity index (χ4n) is 0.970. The minimum absolute atomic E-state index is 0.00366. The second kappa shape index (κ2) is 5.24. The predicted octanol–water partition coefficient (Wildman–Crippen LogP) is 0.901. The number of aliphatic carboxylic acids is 1. The van der Waals surface area contributed by atoms with Gasteiger partial charge in [0.1, 0.15) is 12.4 Å². The van der Waals surface area contributed by atoms with Crippen LogP contribution in [0.4, 0.5) is 0 Å². The van der Waals surface area contributed by atoms with E-state index >= 15 is 0 Å². The van der Waals surface area contributed by atoms with Crippen LogP contribution in [-0.2, 0) is 4.79 Å². The highest BCUT2D eigenvalue weighted by Gasteiger charge is 2.09. The Bertz CT molecular complexity index is 283. The zero-order valence-corrected chi connectivity index (χ0v) is 7.59. The number of benzene rings is 1. The van der Waals surface area contributed by atoms with Crippen molar-refractivity contribution in [1.29, 1.82) is 0 Å². The van der Waals surface area contributed by atoms with Crippen LogP contribution in [0.25, 0.3) is 0 Å². The number of rotatable bonds is 5. The molecule has 2 N–H and O–H groups in total. The van der Waals surface area contributed by atoms with Crippen LogP contribution in [0.3, 0.4) is 0 Å². The van der Waals surface area contributed by atoms with Gasteiger partial charge in [0.15, 0.2) is 0 Å². The molecule has 1 aromatic carbocycles. The summed E-state index contributed by atoms with van der Waals surface area (Å²) in [5, 5.41) is 17.5. The highest BCUT2D eigenvalue weighted by molar-refractivity contribution is 5.67. The average molecular weight is 196 g/mol. The first-order valence-electron chi connectivity index (χ1n) is 4.26. The number of hydrogen-bond acceptors (Lipinski definition) is 3. The lowest BCUT2D eigenvalue weighted by Gasteiger charge is -2.09. The van der Waals surface area contributed by atoms with E-state index in [0.717, 1.165) is 0 Å². The minimum atomic E-state index is -1.03. The molecule has 0 bridgehead atoms. The normalized spacial score (nSPS) is 12.1. The first-order valence-corrected chi connectivity index (χ1v) is 4.26. The number of carboxylic acid groups (broad SMARTS) is 1. The van der Waals surface area contributed by atoms with Gasteiger partial charge in [0.2, 0.25) is 0 Å². The second-order valence-corrected chi connectivity index (χ2v) is 2.88. The van der Waals surface area contributed by atoms with Gasteiger partial charge in [-0.05, 0) is 12.1 Å². The standard InChI is InChI=1S/C10H12O4/c11-8(6-10(12)13)7-14-9-4-2-1-3-5-9/h1-5,8,11H,6-7H2,(H,12,13). The number of ether oxygens (including phenoxy) is 1. The molecule has 0 spiro atoms. The molecule has 4 nitrogen and oxygen atoms in total. The fourth-order valence-corrected chi connectivity index (χ4v) is 0.970. The molecule has 0 aromatic heterocycles. The third kappa shape index (κ3) is 3.91. The van der Waals surface area contributed by atoms with E-state index in [1.807, 2.05) is 6.07 Å². The summed E-state index contributed by atoms with van der Waals surface area (Å²) in [5.74, 6) is -0.411. The van der Waals surface area contributed by atoms with Gasteiger partial charge in [0.05, 0.1) is 12.5 Å². The van der Waals surface area contributed by atoms with Crippen LogP contribution >= 0.6 is 0 Å². The van der Waals surface area contributed by atoms with Crippen LogP contribution in [0.15, 0.2) is 30.3 Å². The summed E-state index contributed by atoms with van der Waals surface area (Å²) in [7, 11) is 0. The Morgan fingerprint density at radius 3 is 2.57 bits per heavy atom. The second-order valence-electron chi connectivity index (χ2n) is 2.88. The Labute approximate surface area is 81.8 Å². The van der Waals surface area contributed by atoms with Crippen molar-refractivity contribution in [3.63, 3.8) is 0 Å². The number of aliphatic hydroxyl groups is 1. The minimum Gasteiger partial charge on any atom is -0.491 e. The van der Waals surface area contributed by atoms with Gasteiger partial charge in [0.25, 0.3) is 0 Å². The van der Waals surface area contributed by atoms with Crippen molar-refractivity contribution in [2.45, 2.75) is 12.5 Å². The van der Waals surface area contributed by atoms with E-state index in [0.29, 0.717) is 5.75 Å². The van der Waals surface area contributed by atoms with E-state index < -0.39 is 12.1 Å². The average Bonchev–Trinajstić information content (AvgIpc) is 2.15. The SMILES string of the molecule is O=C(O)CC(O)COc1ccccc1. The maximum atomic E-state index is 10.2. The van der Waals surface area contributed by atoms with Crippen molar-refractivity contribution in [3.05, 3.63) is 30.3 Å². The highest BCUT2D eigenvalue weighted by Crippen LogP contribution is 2.08. The number of aliphatic hydroxyl groups excluding tert-OH is 1. The molecule has 1 rings (SSSR count). The molecule has 0 amide bonds. The molecule has 4 heteroatoms. The summed E-state index contributed by atoms with van der Waals surface area (Å²) in [5.41, 5.74) is 0. The number of carbonyl (C=O) groups is 1. The molecular formula is C10H12O4. The van der Waals surface area contributed by atoms with Crippen molar-refractivity contribution in [2.24, 2.45) is 0 Å². The Kier molecular flexibility index (Phi) is 3.94. The molecule has 0 aliphatic carbocycles. The van der Waals surface area contributed by atoms with Gasteiger partial charge in [-0.3, -0.25) is 4.79 Å². The van der Waals surface area contributed by atoms with Crippen LogP contribution in [-0.4, -0.2) is 28.9 Å². The van der Waals surface area contributed by atoms with Gasteiger partial charge in [-0.1, -0.05) is 18.2 Å². The smallest absolute Gasteiger partial charge is 0.306 e. The van der Waals surface area contributed by atoms with Crippen molar-refractivity contribution >= 4 is 5.97 Å². The molecule has 1 atom stereocenters. The molecule has 0 fully saturated rings. The maximum absolute atomic E-state index is 10.2. The van der Waals surface area contributed by atoms with Gasteiger partial charge in [-0.15, -0.1) is 0 Å². The van der Waals surface area contributed by atoms with Gasteiger partial charge in [0, 0.05) is 0 Å². The van der Waals surface area contributed by atoms with E-state index in [9.17, 15) is 9.90 Å². The third-order valence-electron chi connectivity index (χ3n) is 1.60. The Morgan fingerprint density at radius 2 is 2.00 bits per heavy atom. The molecule has 76 valence electrons. The van der Waals surface area contributed by atoms with Gasteiger partial charge in [-0.25, -0.2) is 0 Å². The highest BCUT2D eigenvalue weighted by atomic mass is 16.5. The zero-order chi connectivity index (χ0) is 10.4. The van der Waals surface area contributed by atoms with Crippen molar-refractivity contribution in [2.75, 3.05) is 6.61 Å². The predicted molar refractivity (Wildman–Crippen MR) is 50.2 cm³/mol. The Balaban J connectivity index is 2.30. The first-order chi connectivity index (χ1) is 6.68. The molecule has 0 aliphatic rings. The number of hydrogen-bond donors (Lipinski definition) is 2. The third-order valence-corrected chi connectivity index (χ3v) is 1.60. The van der Waals surface area contributed by atoms with Gasteiger partial charge >= 0.3 is 5.97 Å². The molecule has 1 aromatic rings. The van der Waals surface area contributed by atoms with Crippen LogP contribution in [0.2, 0.25) is 0 Å². The van der Waals surface area contributed by atoms with E-state index in [1.54, 1.807) is 24.3 Å². The van der Waals surface area contributed by atoms with E-state index in [-0.39, 0.29) is 13.0 Å². The molecule has 0 radical (unpaired) electrons. The Morgan fingerprint density at radius 1 is 1.36 bits per heavy atom. The molecule has 1 unspecified atom stereocenters. The van der Waals surface area contributed by atoms with Crippen molar-refractivity contribution in [3.8, 4) is 5.75 Å². The molecule has 0 heterocycles. The Hall–Kier alpha value is -1.55. The molecular weight excluding hydrogens is 184 g/mol. The molecule has 0 saturated carbocycles. The van der Waals surface area contributed by atoms with Crippen molar-refractivity contribution in [1.82, 2.24) is 0 Å². The summed E-state index contributed by atoms with van der Waals surface area (Å²) in [6, 6.07) is 8.94. The van der Waals surface area contributed by atoms with Crippen LogP contribution in [0, 0.1) is 0 Å². The summed E-state index contributed by atoms with van der Waals surface area (Å²) < 4.78 is 5.16. The number of para-hydroxylation sites is 1. The molecule has 0 aliphatic heterocycles. The maximum Gasteiger partial charge on any atom is 0.306 e. The lowest BCUT2D eigenvalue weighted by molar-refractivity contribution is -0.139. The zero-order valence-electron chi connectivity index (χ0n) is 7.59. The molecule has 0 saturated heterocycles. The summed E-state index contributed by atoms with van der Waals surface area (Å²) in [6.45, 7) is -0.00366. The lowest BCUT2D eigenvalue weighted by Crippen LogP contribution is -2.21. The topological polar surface area (TPSA) is 66.8 Å². The lowest BCUT2D eigenvalue weighted by atomic mass is 10.3. The largest absolute Gasteiger partial charge is 0.491 e. The number of carboxylic acids is 1. The summed E-state index contributed by atoms with van der Waals surface area (Å²) in [4.78, 5) is 10.2. The van der Waals surface area contributed by atoms with Crippen molar-refractivity contribution < 1.29 is 19.7 Å². The van der Waals surface area contributed by atoms with Gasteiger partial charge in [-0.2, -0.15) is 0 Å². The summed E-state index contributed by atoms with van der Waals surface area (Å²) >= 11 is 0. The monoisotopic (exact) mass is 196 g/mol. The van der Waals surface area contributed by atoms with Crippen LogP contribution in [0.1, 0.15) is 6.42 Å². The van der Waals surface area contributed by atoms with Crippen LogP contribution in [0.5, 0.6) is 5.75 Å². The molecule has 14 heavy (non-hydrogen) atoms. The van der Waals surface area contributed by atoms with E-state index in [1.165, 1.54) is 0 Å². The summed E-state index contributed by atoms with van der Waals surface area (Å²) in [6.07, 6.45) is -1.26. The van der Waals surface area contributed by atoms with Gasteiger partial charge < -0.3 is 14.9 Å². The van der Waals surface area contributed by atoms with Crippen LogP contribution < -0.4 is 4.74 Å². The van der Waals surface area contributed by atoms with E-state index in [4.69, 9.17) is 9.84 Å².